The van der Waals surface area contributed by atoms with E-state index in [1.165, 1.54) is 25.4 Å². The van der Waals surface area contributed by atoms with Gasteiger partial charge in [0.2, 0.25) is 0 Å². The molecule has 1 N–H and O–H groups in total. The van der Waals surface area contributed by atoms with Crippen molar-refractivity contribution in [2.45, 2.75) is 38.0 Å². The van der Waals surface area contributed by atoms with Crippen molar-refractivity contribution in [1.29, 1.82) is 5.26 Å². The number of hydrogen-bond acceptors (Lipinski definition) is 8. The first kappa shape index (κ1) is 31.6. The molecule has 0 saturated carbocycles. The molecule has 11 heteroatoms. The highest BCUT2D eigenvalue weighted by Crippen LogP contribution is 2.25. The number of nitrogens with one attached hydrogen (secondary N) is 1. The normalized spacial score (nSPS) is 18.9. The van der Waals surface area contributed by atoms with Gasteiger partial charge in [-0.3, -0.25) is 24.3 Å². The van der Waals surface area contributed by atoms with Crippen LogP contribution in [-0.4, -0.2) is 85.0 Å². The van der Waals surface area contributed by atoms with E-state index >= 15 is 4.39 Å². The molecule has 0 aliphatic carbocycles. The molecule has 2 saturated heterocycles. The predicted octanol–water partition coefficient (Wildman–Crippen LogP) is 4.05. The number of alkyl halides is 1. The van der Waals surface area contributed by atoms with Gasteiger partial charge >= 0.3 is 0 Å². The first-order valence-corrected chi connectivity index (χ1v) is 15.0. The fraction of sp³-hybridized carbons (Fsp3) is 0.382. The molecule has 2 atom stereocenters. The highest BCUT2D eigenvalue weighted by molar-refractivity contribution is 5.99. The molecule has 2 unspecified atom stereocenters. The van der Waals surface area contributed by atoms with Gasteiger partial charge in [0, 0.05) is 50.4 Å². The lowest BCUT2D eigenvalue weighted by atomic mass is 9.88. The lowest BCUT2D eigenvalue weighted by molar-refractivity contribution is 0.0645. The third-order valence-corrected chi connectivity index (χ3v) is 8.51. The van der Waals surface area contributed by atoms with Crippen LogP contribution in [0.5, 0.6) is 11.5 Å². The molecule has 1 aromatic heterocycles. The summed E-state index contributed by atoms with van der Waals surface area (Å²) in [7, 11) is 3.08. The number of pyridine rings is 1. The van der Waals surface area contributed by atoms with Crippen LogP contribution in [0.2, 0.25) is 0 Å². The maximum absolute atomic E-state index is 15.1. The first-order chi connectivity index (χ1) is 21.8. The molecule has 5 rings (SSSR count). The number of amides is 2. The van der Waals surface area contributed by atoms with Crippen molar-refractivity contribution < 1.29 is 28.2 Å². The maximum Gasteiger partial charge on any atom is 0.272 e. The van der Waals surface area contributed by atoms with Crippen LogP contribution in [0.4, 0.5) is 4.39 Å². The third-order valence-electron chi connectivity index (χ3n) is 8.51. The Labute approximate surface area is 261 Å². The van der Waals surface area contributed by atoms with E-state index < -0.39 is 18.1 Å². The molecule has 3 heterocycles. The number of carbonyl (C=O) groups is 3. The van der Waals surface area contributed by atoms with Crippen LogP contribution < -0.4 is 14.8 Å². The number of likely N-dealkylation sites (tertiary alicyclic amines) is 2. The molecule has 45 heavy (non-hydrogen) atoms. The Morgan fingerprint density at radius 3 is 2.33 bits per heavy atom. The highest BCUT2D eigenvalue weighted by atomic mass is 19.1. The molecule has 3 aromatic rings. The van der Waals surface area contributed by atoms with Crippen LogP contribution >= 0.6 is 0 Å². The molecular formula is C34H36FN5O5. The zero-order chi connectivity index (χ0) is 31.9. The molecule has 0 radical (unpaired) electrons. The largest absolute Gasteiger partial charge is 0.497 e. The quantitative estimate of drug-likeness (QED) is 0.359. The van der Waals surface area contributed by atoms with E-state index in [1.54, 1.807) is 48.4 Å². The van der Waals surface area contributed by atoms with Gasteiger partial charge in [-0.15, -0.1) is 0 Å². The van der Waals surface area contributed by atoms with Crippen LogP contribution in [-0.2, 0) is 6.54 Å². The molecular weight excluding hydrogens is 577 g/mol. The first-order valence-electron chi connectivity index (χ1n) is 15.0. The molecule has 234 valence electrons. The summed E-state index contributed by atoms with van der Waals surface area (Å²) < 4.78 is 25.5. The Morgan fingerprint density at radius 1 is 0.978 bits per heavy atom. The van der Waals surface area contributed by atoms with Crippen molar-refractivity contribution in [1.82, 2.24) is 20.1 Å². The van der Waals surface area contributed by atoms with Gasteiger partial charge in [-0.2, -0.15) is 5.26 Å². The minimum atomic E-state index is -1.27. The van der Waals surface area contributed by atoms with Gasteiger partial charge in [0.25, 0.3) is 11.8 Å². The van der Waals surface area contributed by atoms with Gasteiger partial charge in [0.15, 0.2) is 5.78 Å². The number of rotatable bonds is 9. The van der Waals surface area contributed by atoms with Crippen molar-refractivity contribution in [3.05, 3.63) is 88.7 Å². The Kier molecular flexibility index (Phi) is 10.0. The number of ether oxygens (including phenoxy) is 2. The van der Waals surface area contributed by atoms with Gasteiger partial charge in [-0.05, 0) is 73.4 Å². The summed E-state index contributed by atoms with van der Waals surface area (Å²) >= 11 is 0. The Morgan fingerprint density at radius 2 is 1.71 bits per heavy atom. The number of nitrogens with zero attached hydrogens (tertiary/aromatic N) is 4. The van der Waals surface area contributed by atoms with Gasteiger partial charge in [-0.25, -0.2) is 4.39 Å². The number of aromatic nitrogens is 1. The zero-order valence-electron chi connectivity index (χ0n) is 25.4. The summed E-state index contributed by atoms with van der Waals surface area (Å²) in [5, 5.41) is 12.0. The van der Waals surface area contributed by atoms with Crippen LogP contribution in [0.3, 0.4) is 0 Å². The van der Waals surface area contributed by atoms with E-state index in [2.05, 4.69) is 16.4 Å². The zero-order valence-corrected chi connectivity index (χ0v) is 25.4. The third kappa shape index (κ3) is 7.46. The monoisotopic (exact) mass is 613 g/mol. The fourth-order valence-electron chi connectivity index (χ4n) is 5.86. The molecule has 0 spiro atoms. The van der Waals surface area contributed by atoms with Crippen molar-refractivity contribution >= 4 is 17.6 Å². The maximum atomic E-state index is 15.1. The van der Waals surface area contributed by atoms with Crippen molar-refractivity contribution in [3.63, 3.8) is 0 Å². The Bertz CT molecular complexity index is 1570. The molecule has 2 fully saturated rings. The van der Waals surface area contributed by atoms with Gasteiger partial charge < -0.3 is 19.7 Å². The van der Waals surface area contributed by atoms with Crippen LogP contribution in [0.15, 0.2) is 60.8 Å². The second kappa shape index (κ2) is 14.3. The van der Waals surface area contributed by atoms with Crippen molar-refractivity contribution in [3.8, 4) is 17.6 Å². The predicted molar refractivity (Wildman–Crippen MR) is 164 cm³/mol. The molecule has 0 bridgehead atoms. The van der Waals surface area contributed by atoms with Crippen molar-refractivity contribution in [2.75, 3.05) is 40.4 Å². The smallest absolute Gasteiger partial charge is 0.272 e. The van der Waals surface area contributed by atoms with E-state index in [0.717, 1.165) is 5.56 Å². The number of hydrogen-bond donors (Lipinski definition) is 1. The average molecular weight is 614 g/mol. The van der Waals surface area contributed by atoms with E-state index in [-0.39, 0.29) is 35.4 Å². The second-order valence-corrected chi connectivity index (χ2v) is 11.4. The van der Waals surface area contributed by atoms with E-state index in [4.69, 9.17) is 9.47 Å². The van der Waals surface area contributed by atoms with Crippen molar-refractivity contribution in [2.24, 2.45) is 5.92 Å². The lowest BCUT2D eigenvalue weighted by Crippen LogP contribution is -2.52. The van der Waals surface area contributed by atoms with E-state index in [9.17, 15) is 19.6 Å². The molecule has 2 aliphatic heterocycles. The number of ketones is 1. The van der Waals surface area contributed by atoms with Gasteiger partial charge in [0.1, 0.15) is 29.4 Å². The summed E-state index contributed by atoms with van der Waals surface area (Å²) in [6.45, 7) is 2.11. The molecule has 2 amide bonds. The topological polar surface area (TPSA) is 125 Å². The Hall–Kier alpha value is -4.82. The van der Waals surface area contributed by atoms with Gasteiger partial charge in [0.05, 0.1) is 31.4 Å². The standard InChI is InChI=1S/C34H36FN5O5/c1-44-27-8-5-23(6-9-27)32(41)24-11-15-40(16-12-24)34(43)30-10-7-26(19-37-30)33(42)38-29-13-14-39(21-28(29)35)20-22-3-4-25(18-36)31(17-22)45-2/h3-10,17,19,24,28-29H,11-16,20-21H2,1-2H3,(H,38,42). The summed E-state index contributed by atoms with van der Waals surface area (Å²) in [5.41, 5.74) is 2.44. The number of benzene rings is 2. The van der Waals surface area contributed by atoms with Crippen LogP contribution in [0.1, 0.15) is 61.6 Å². The second-order valence-electron chi connectivity index (χ2n) is 11.4. The molecule has 10 nitrogen and oxygen atoms in total. The molecule has 2 aliphatic rings. The summed E-state index contributed by atoms with van der Waals surface area (Å²) in [6.07, 6.45) is 1.62. The SMILES string of the molecule is COc1ccc(C(=O)C2CCN(C(=O)c3ccc(C(=O)NC4CCN(Cc5ccc(C#N)c(OC)c5)CC4F)cn3)CC2)cc1. The summed E-state index contributed by atoms with van der Waals surface area (Å²) in [5.74, 6) is 0.371. The summed E-state index contributed by atoms with van der Waals surface area (Å²) in [4.78, 5) is 46.7. The number of carbonyl (C=O) groups excluding carboxylic acids is 3. The van der Waals surface area contributed by atoms with Crippen LogP contribution in [0, 0.1) is 17.2 Å². The minimum Gasteiger partial charge on any atom is -0.497 e. The van der Waals surface area contributed by atoms with E-state index in [0.29, 0.717) is 68.1 Å². The lowest BCUT2D eigenvalue weighted by Gasteiger charge is -2.35. The number of methoxy groups -OCH3 is 2. The Balaban J connectivity index is 1.09. The average Bonchev–Trinajstić information content (AvgIpc) is 3.09. The van der Waals surface area contributed by atoms with Gasteiger partial charge in [-0.1, -0.05) is 6.07 Å². The minimum absolute atomic E-state index is 0.0615. The number of halogens is 1. The fourth-order valence-corrected chi connectivity index (χ4v) is 5.86. The number of Topliss-reactive ketones (excluding diaryl/α,β-unsaturated/α-hetero) is 1. The summed E-state index contributed by atoms with van der Waals surface area (Å²) in [6, 6.07) is 16.8. The number of nitriles is 1. The highest BCUT2D eigenvalue weighted by Gasteiger charge is 2.32. The number of piperidine rings is 2. The van der Waals surface area contributed by atoms with E-state index in [1.807, 2.05) is 11.0 Å². The van der Waals surface area contributed by atoms with Crippen LogP contribution in [0.25, 0.3) is 0 Å². The molecule has 2 aromatic carbocycles.